The Bertz CT molecular complexity index is 813. The average molecular weight is 332 g/mol. The molecule has 0 saturated heterocycles. The second-order valence-electron chi connectivity index (χ2n) is 6.05. The van der Waals surface area contributed by atoms with Gasteiger partial charge in [0.1, 0.15) is 0 Å². The minimum absolute atomic E-state index is 0.127. The lowest BCUT2D eigenvalue weighted by molar-refractivity contribution is -0.117. The Balaban J connectivity index is 2.01. The summed E-state index contributed by atoms with van der Waals surface area (Å²) in [7, 11) is 0. The van der Waals surface area contributed by atoms with Crippen LogP contribution in [0.2, 0.25) is 0 Å². The molecular formula is C20H20N4O. The molecule has 126 valence electrons. The van der Waals surface area contributed by atoms with Crippen LogP contribution in [-0.2, 0) is 11.3 Å². The molecule has 0 aliphatic rings. The van der Waals surface area contributed by atoms with Gasteiger partial charge in [0.15, 0.2) is 0 Å². The van der Waals surface area contributed by atoms with Crippen molar-refractivity contribution in [3.8, 4) is 12.1 Å². The molecule has 0 unspecified atom stereocenters. The van der Waals surface area contributed by atoms with Gasteiger partial charge in [-0.3, -0.25) is 9.69 Å². The number of carbonyl (C=O) groups is 1. The van der Waals surface area contributed by atoms with Gasteiger partial charge in [0.25, 0.3) is 0 Å². The number of benzene rings is 2. The summed E-state index contributed by atoms with van der Waals surface area (Å²) in [6.07, 6.45) is 0. The predicted octanol–water partition coefficient (Wildman–Crippen LogP) is 3.28. The summed E-state index contributed by atoms with van der Waals surface area (Å²) in [6.45, 7) is 4.93. The van der Waals surface area contributed by atoms with Crippen LogP contribution in [0.4, 0.5) is 5.69 Å². The molecule has 5 nitrogen and oxygen atoms in total. The van der Waals surface area contributed by atoms with E-state index in [0.717, 1.165) is 5.56 Å². The molecule has 0 atom stereocenters. The highest BCUT2D eigenvalue weighted by Gasteiger charge is 2.15. The normalized spacial score (nSPS) is 10.3. The number of hydrogen-bond donors (Lipinski definition) is 1. The molecule has 0 radical (unpaired) electrons. The molecule has 0 bridgehead atoms. The number of hydrogen-bond acceptors (Lipinski definition) is 4. The van der Waals surface area contributed by atoms with E-state index in [1.165, 1.54) is 0 Å². The number of anilines is 1. The van der Waals surface area contributed by atoms with Crippen molar-refractivity contribution in [2.45, 2.75) is 26.4 Å². The Labute approximate surface area is 148 Å². The third-order valence-electron chi connectivity index (χ3n) is 3.82. The fourth-order valence-electron chi connectivity index (χ4n) is 2.39. The Hall–Kier alpha value is -3.15. The number of amides is 1. The first-order valence-corrected chi connectivity index (χ1v) is 8.05. The molecule has 5 heteroatoms. The summed E-state index contributed by atoms with van der Waals surface area (Å²) in [6, 6.07) is 18.6. The molecule has 2 aromatic carbocycles. The van der Waals surface area contributed by atoms with Crippen molar-refractivity contribution in [2.24, 2.45) is 0 Å². The van der Waals surface area contributed by atoms with Crippen LogP contribution < -0.4 is 5.32 Å². The third kappa shape index (κ3) is 5.46. The predicted molar refractivity (Wildman–Crippen MR) is 96.5 cm³/mol. The molecule has 1 N–H and O–H groups in total. The lowest BCUT2D eigenvalue weighted by Crippen LogP contribution is -2.37. The van der Waals surface area contributed by atoms with E-state index in [2.05, 4.69) is 17.5 Å². The maximum Gasteiger partial charge on any atom is 0.238 e. The van der Waals surface area contributed by atoms with E-state index in [0.29, 0.717) is 23.4 Å². The van der Waals surface area contributed by atoms with Crippen molar-refractivity contribution < 1.29 is 4.79 Å². The molecule has 0 aromatic heterocycles. The summed E-state index contributed by atoms with van der Waals surface area (Å²) >= 11 is 0. The van der Waals surface area contributed by atoms with Gasteiger partial charge in [-0.1, -0.05) is 18.2 Å². The van der Waals surface area contributed by atoms with Crippen LogP contribution in [-0.4, -0.2) is 23.4 Å². The maximum absolute atomic E-state index is 12.3. The van der Waals surface area contributed by atoms with E-state index in [1.54, 1.807) is 36.4 Å². The quantitative estimate of drug-likeness (QED) is 0.880. The molecule has 2 rings (SSSR count). The van der Waals surface area contributed by atoms with Crippen molar-refractivity contribution in [3.63, 3.8) is 0 Å². The summed E-state index contributed by atoms with van der Waals surface area (Å²) in [5.74, 6) is -0.127. The summed E-state index contributed by atoms with van der Waals surface area (Å²) in [4.78, 5) is 14.4. The zero-order valence-electron chi connectivity index (χ0n) is 14.4. The Morgan fingerprint density at radius 1 is 1.08 bits per heavy atom. The van der Waals surface area contributed by atoms with Crippen LogP contribution in [0.1, 0.15) is 30.5 Å². The van der Waals surface area contributed by atoms with Crippen LogP contribution in [0.15, 0.2) is 48.5 Å². The molecule has 0 aliphatic carbocycles. The van der Waals surface area contributed by atoms with E-state index in [9.17, 15) is 4.79 Å². The van der Waals surface area contributed by atoms with Crippen molar-refractivity contribution in [1.29, 1.82) is 10.5 Å². The van der Waals surface area contributed by atoms with Crippen LogP contribution in [0, 0.1) is 22.7 Å². The van der Waals surface area contributed by atoms with Crippen LogP contribution >= 0.6 is 0 Å². The van der Waals surface area contributed by atoms with E-state index in [1.807, 2.05) is 30.9 Å². The Kier molecular flexibility index (Phi) is 6.28. The average Bonchev–Trinajstić information content (AvgIpc) is 2.61. The molecule has 2 aromatic rings. The first-order chi connectivity index (χ1) is 12.0. The lowest BCUT2D eigenvalue weighted by atomic mass is 10.1. The standard InChI is InChI=1S/C20H20N4O/c1-15(2)24(13-17-8-6-16(11-21)7-9-17)14-20(25)23-19-5-3-4-18(10-19)12-22/h3-10,15H,13-14H2,1-2H3,(H,23,25). The zero-order valence-corrected chi connectivity index (χ0v) is 14.4. The van der Waals surface area contributed by atoms with Gasteiger partial charge in [-0.2, -0.15) is 10.5 Å². The van der Waals surface area contributed by atoms with Gasteiger partial charge < -0.3 is 5.32 Å². The minimum atomic E-state index is -0.127. The van der Waals surface area contributed by atoms with Crippen molar-refractivity contribution >= 4 is 11.6 Å². The minimum Gasteiger partial charge on any atom is -0.325 e. The first-order valence-electron chi connectivity index (χ1n) is 8.05. The molecule has 1 amide bonds. The molecular weight excluding hydrogens is 312 g/mol. The summed E-state index contributed by atoms with van der Waals surface area (Å²) < 4.78 is 0. The smallest absolute Gasteiger partial charge is 0.238 e. The number of rotatable bonds is 6. The van der Waals surface area contributed by atoms with E-state index in [4.69, 9.17) is 10.5 Å². The van der Waals surface area contributed by atoms with Gasteiger partial charge in [-0.25, -0.2) is 0 Å². The molecule has 0 aliphatic heterocycles. The number of nitriles is 2. The monoisotopic (exact) mass is 332 g/mol. The Morgan fingerprint density at radius 2 is 1.76 bits per heavy atom. The highest BCUT2D eigenvalue weighted by Crippen LogP contribution is 2.12. The van der Waals surface area contributed by atoms with Gasteiger partial charge in [-0.05, 0) is 49.7 Å². The van der Waals surface area contributed by atoms with Crippen molar-refractivity contribution in [1.82, 2.24) is 4.90 Å². The zero-order chi connectivity index (χ0) is 18.2. The van der Waals surface area contributed by atoms with Crippen molar-refractivity contribution in [2.75, 3.05) is 11.9 Å². The van der Waals surface area contributed by atoms with Crippen molar-refractivity contribution in [3.05, 3.63) is 65.2 Å². The van der Waals surface area contributed by atoms with Crippen LogP contribution in [0.25, 0.3) is 0 Å². The van der Waals surface area contributed by atoms with E-state index < -0.39 is 0 Å². The van der Waals surface area contributed by atoms with Gasteiger partial charge >= 0.3 is 0 Å². The Morgan fingerprint density at radius 3 is 2.36 bits per heavy atom. The first kappa shape index (κ1) is 18.2. The third-order valence-corrected chi connectivity index (χ3v) is 3.82. The fraction of sp³-hybridized carbons (Fsp3) is 0.250. The summed E-state index contributed by atoms with van der Waals surface area (Å²) in [5, 5.41) is 20.6. The number of nitrogens with one attached hydrogen (secondary N) is 1. The topological polar surface area (TPSA) is 79.9 Å². The second-order valence-corrected chi connectivity index (χ2v) is 6.05. The van der Waals surface area contributed by atoms with Gasteiger partial charge in [-0.15, -0.1) is 0 Å². The van der Waals surface area contributed by atoms with E-state index in [-0.39, 0.29) is 18.5 Å². The maximum atomic E-state index is 12.3. The largest absolute Gasteiger partial charge is 0.325 e. The molecule has 25 heavy (non-hydrogen) atoms. The van der Waals surface area contributed by atoms with Crippen LogP contribution in [0.5, 0.6) is 0 Å². The highest BCUT2D eigenvalue weighted by molar-refractivity contribution is 5.92. The lowest BCUT2D eigenvalue weighted by Gasteiger charge is -2.26. The van der Waals surface area contributed by atoms with Gasteiger partial charge in [0, 0.05) is 18.3 Å². The molecule has 0 spiro atoms. The molecule has 0 heterocycles. The van der Waals surface area contributed by atoms with E-state index >= 15 is 0 Å². The van der Waals surface area contributed by atoms with Gasteiger partial charge in [0.05, 0.1) is 29.8 Å². The molecule has 0 saturated carbocycles. The summed E-state index contributed by atoms with van der Waals surface area (Å²) in [5.41, 5.74) is 2.80. The van der Waals surface area contributed by atoms with Crippen LogP contribution in [0.3, 0.4) is 0 Å². The fourth-order valence-corrected chi connectivity index (χ4v) is 2.39. The SMILES string of the molecule is CC(C)N(CC(=O)Nc1cccc(C#N)c1)Cc1ccc(C#N)cc1. The highest BCUT2D eigenvalue weighted by atomic mass is 16.2. The van der Waals surface area contributed by atoms with Gasteiger partial charge in [0.2, 0.25) is 5.91 Å². The number of carbonyl (C=O) groups excluding carboxylic acids is 1. The number of nitrogens with zero attached hydrogens (tertiary/aromatic N) is 3. The second kappa shape index (κ2) is 8.63. The molecule has 0 fully saturated rings.